The zero-order valence-electron chi connectivity index (χ0n) is 16.0. The van der Waals surface area contributed by atoms with Crippen LogP contribution in [0.15, 0.2) is 48.5 Å². The van der Waals surface area contributed by atoms with Crippen LogP contribution >= 0.6 is 0 Å². The molecule has 138 valence electrons. The van der Waals surface area contributed by atoms with Gasteiger partial charge in [-0.05, 0) is 49.2 Å². The SMILES string of the molecule is COC(=O)c1c(-c2cccc(C#N)c2)c(C)n(Cc2ccc(C#N)cc2)c1C. The van der Waals surface area contributed by atoms with Crippen LogP contribution in [0.1, 0.15) is 38.4 Å². The van der Waals surface area contributed by atoms with E-state index < -0.39 is 5.97 Å². The van der Waals surface area contributed by atoms with Crippen LogP contribution < -0.4 is 0 Å². The number of hydrogen-bond acceptors (Lipinski definition) is 4. The van der Waals surface area contributed by atoms with Crippen LogP contribution in [0, 0.1) is 36.5 Å². The molecule has 0 atom stereocenters. The van der Waals surface area contributed by atoms with Crippen molar-refractivity contribution in [2.24, 2.45) is 0 Å². The van der Waals surface area contributed by atoms with Crippen molar-refractivity contribution in [2.75, 3.05) is 7.11 Å². The van der Waals surface area contributed by atoms with Crippen molar-refractivity contribution in [2.45, 2.75) is 20.4 Å². The molecule has 0 saturated carbocycles. The third kappa shape index (κ3) is 3.39. The van der Waals surface area contributed by atoms with E-state index in [2.05, 4.69) is 16.7 Å². The van der Waals surface area contributed by atoms with Gasteiger partial charge in [-0.25, -0.2) is 4.79 Å². The lowest BCUT2D eigenvalue weighted by Crippen LogP contribution is -2.07. The Bertz CT molecular complexity index is 1130. The molecular weight excluding hydrogens is 350 g/mol. The predicted octanol–water partition coefficient (Wildman–Crippen LogP) is 4.35. The number of aromatic nitrogens is 1. The maximum atomic E-state index is 12.5. The molecule has 28 heavy (non-hydrogen) atoms. The minimum absolute atomic E-state index is 0.406. The molecule has 0 bridgehead atoms. The van der Waals surface area contributed by atoms with Crippen LogP contribution in [0.5, 0.6) is 0 Å². The summed E-state index contributed by atoms with van der Waals surface area (Å²) in [6, 6.07) is 18.8. The van der Waals surface area contributed by atoms with E-state index in [-0.39, 0.29) is 0 Å². The highest BCUT2D eigenvalue weighted by Crippen LogP contribution is 2.34. The highest BCUT2D eigenvalue weighted by molar-refractivity contribution is 5.99. The fourth-order valence-corrected chi connectivity index (χ4v) is 3.44. The van der Waals surface area contributed by atoms with E-state index in [1.54, 1.807) is 24.3 Å². The van der Waals surface area contributed by atoms with Crippen molar-refractivity contribution in [1.29, 1.82) is 10.5 Å². The largest absolute Gasteiger partial charge is 0.465 e. The summed E-state index contributed by atoms with van der Waals surface area (Å²) in [6.45, 7) is 4.41. The Hall–Kier alpha value is -3.83. The van der Waals surface area contributed by atoms with E-state index in [0.717, 1.165) is 28.1 Å². The standard InChI is InChI=1S/C23H19N3O2/c1-15-21(20-6-4-5-19(11-20)13-25)22(23(27)28-3)16(2)26(15)14-18-9-7-17(12-24)8-10-18/h4-11H,14H2,1-3H3. The van der Waals surface area contributed by atoms with E-state index in [0.29, 0.717) is 23.2 Å². The van der Waals surface area contributed by atoms with E-state index in [1.807, 2.05) is 38.1 Å². The third-order valence-electron chi connectivity index (χ3n) is 4.88. The first-order valence-corrected chi connectivity index (χ1v) is 8.77. The zero-order valence-corrected chi connectivity index (χ0v) is 16.0. The Kier molecular flexibility index (Phi) is 5.29. The van der Waals surface area contributed by atoms with Crippen LogP contribution in [-0.2, 0) is 11.3 Å². The molecule has 0 saturated heterocycles. The number of methoxy groups -OCH3 is 1. The molecule has 0 N–H and O–H groups in total. The van der Waals surface area contributed by atoms with Gasteiger partial charge < -0.3 is 9.30 Å². The van der Waals surface area contributed by atoms with Crippen molar-refractivity contribution in [3.8, 4) is 23.3 Å². The number of benzene rings is 2. The number of carbonyl (C=O) groups excluding carboxylic acids is 1. The van der Waals surface area contributed by atoms with Crippen molar-refractivity contribution in [3.05, 3.63) is 82.2 Å². The summed E-state index contributed by atoms with van der Waals surface area (Å²) in [5.41, 5.74) is 5.95. The van der Waals surface area contributed by atoms with Gasteiger partial charge in [0.15, 0.2) is 0 Å². The summed E-state index contributed by atoms with van der Waals surface area (Å²) >= 11 is 0. The zero-order chi connectivity index (χ0) is 20.3. The van der Waals surface area contributed by atoms with Crippen LogP contribution in [0.3, 0.4) is 0 Å². The second-order valence-electron chi connectivity index (χ2n) is 6.50. The smallest absolute Gasteiger partial charge is 0.340 e. The average Bonchev–Trinajstić information content (AvgIpc) is 2.98. The number of nitriles is 2. The number of nitrogens with zero attached hydrogens (tertiary/aromatic N) is 3. The Labute approximate surface area is 164 Å². The molecule has 0 aliphatic carbocycles. The van der Waals surface area contributed by atoms with Gasteiger partial charge in [0.25, 0.3) is 0 Å². The second-order valence-corrected chi connectivity index (χ2v) is 6.50. The number of carbonyl (C=O) groups is 1. The van der Waals surface area contributed by atoms with Gasteiger partial charge in [-0.2, -0.15) is 10.5 Å². The maximum Gasteiger partial charge on any atom is 0.340 e. The third-order valence-corrected chi connectivity index (χ3v) is 4.88. The van der Waals surface area contributed by atoms with Crippen molar-refractivity contribution in [3.63, 3.8) is 0 Å². The van der Waals surface area contributed by atoms with Crippen LogP contribution in [-0.4, -0.2) is 17.6 Å². The Morgan fingerprint density at radius 1 is 1.00 bits per heavy atom. The molecule has 1 aromatic heterocycles. The molecule has 0 fully saturated rings. The molecule has 0 aliphatic heterocycles. The monoisotopic (exact) mass is 369 g/mol. The van der Waals surface area contributed by atoms with E-state index in [4.69, 9.17) is 10.00 Å². The summed E-state index contributed by atoms with van der Waals surface area (Å²) in [5, 5.41) is 18.2. The molecule has 2 aromatic carbocycles. The van der Waals surface area contributed by atoms with Crippen molar-refractivity contribution in [1.82, 2.24) is 4.57 Å². The summed E-state index contributed by atoms with van der Waals surface area (Å²) in [7, 11) is 1.37. The highest BCUT2D eigenvalue weighted by atomic mass is 16.5. The van der Waals surface area contributed by atoms with E-state index in [1.165, 1.54) is 7.11 Å². The topological polar surface area (TPSA) is 78.8 Å². The average molecular weight is 369 g/mol. The van der Waals surface area contributed by atoms with Crippen LogP contribution in [0.4, 0.5) is 0 Å². The predicted molar refractivity (Wildman–Crippen MR) is 106 cm³/mol. The second kappa shape index (κ2) is 7.82. The van der Waals surface area contributed by atoms with Crippen molar-refractivity contribution < 1.29 is 9.53 Å². The maximum absolute atomic E-state index is 12.5. The van der Waals surface area contributed by atoms with Crippen LogP contribution in [0.2, 0.25) is 0 Å². The lowest BCUT2D eigenvalue weighted by molar-refractivity contribution is 0.0600. The molecule has 0 radical (unpaired) electrons. The Balaban J connectivity index is 2.16. The first-order chi connectivity index (χ1) is 13.5. The first-order valence-electron chi connectivity index (χ1n) is 8.77. The lowest BCUT2D eigenvalue weighted by Gasteiger charge is -2.10. The molecule has 3 rings (SSSR count). The minimum atomic E-state index is -0.406. The Morgan fingerprint density at radius 2 is 1.68 bits per heavy atom. The number of ether oxygens (including phenoxy) is 1. The summed E-state index contributed by atoms with van der Waals surface area (Å²) < 4.78 is 7.09. The molecule has 0 amide bonds. The van der Waals surface area contributed by atoms with Crippen LogP contribution in [0.25, 0.3) is 11.1 Å². The quantitative estimate of drug-likeness (QED) is 0.641. The van der Waals surface area contributed by atoms with Gasteiger partial charge in [0, 0.05) is 23.5 Å². The van der Waals surface area contributed by atoms with Gasteiger partial charge in [-0.1, -0.05) is 24.3 Å². The Morgan fingerprint density at radius 3 is 2.29 bits per heavy atom. The summed E-state index contributed by atoms with van der Waals surface area (Å²) in [6.07, 6.45) is 0. The van der Waals surface area contributed by atoms with Gasteiger partial charge in [-0.15, -0.1) is 0 Å². The molecule has 0 spiro atoms. The number of esters is 1. The normalized spacial score (nSPS) is 10.2. The van der Waals surface area contributed by atoms with Gasteiger partial charge in [0.1, 0.15) is 0 Å². The molecule has 1 heterocycles. The summed E-state index contributed by atoms with van der Waals surface area (Å²) in [5.74, 6) is -0.406. The van der Waals surface area contributed by atoms with E-state index >= 15 is 0 Å². The fourth-order valence-electron chi connectivity index (χ4n) is 3.44. The molecular formula is C23H19N3O2. The minimum Gasteiger partial charge on any atom is -0.465 e. The molecule has 5 heteroatoms. The highest BCUT2D eigenvalue weighted by Gasteiger charge is 2.25. The van der Waals surface area contributed by atoms with Gasteiger partial charge in [0.05, 0.1) is 35.9 Å². The summed E-state index contributed by atoms with van der Waals surface area (Å²) in [4.78, 5) is 12.5. The number of rotatable bonds is 4. The van der Waals surface area contributed by atoms with E-state index in [9.17, 15) is 10.1 Å². The first kappa shape index (κ1) is 18.9. The van der Waals surface area contributed by atoms with Gasteiger partial charge >= 0.3 is 5.97 Å². The van der Waals surface area contributed by atoms with Gasteiger partial charge in [-0.3, -0.25) is 0 Å². The molecule has 0 aliphatic rings. The molecule has 5 nitrogen and oxygen atoms in total. The fraction of sp³-hybridized carbons (Fsp3) is 0.174. The molecule has 3 aromatic rings. The van der Waals surface area contributed by atoms with Gasteiger partial charge in [0.2, 0.25) is 0 Å². The van der Waals surface area contributed by atoms with Crippen molar-refractivity contribution >= 4 is 5.97 Å². The lowest BCUT2D eigenvalue weighted by atomic mass is 9.99. The molecule has 0 unspecified atom stereocenters. The number of hydrogen-bond donors (Lipinski definition) is 0.